The number of hydrogen-bond donors (Lipinski definition) is 2. The molecular weight excluding hydrogens is 236 g/mol. The average molecular weight is 260 g/mol. The Hall–Kier alpha value is -1.06. The molecular formula is C16H24N2O. The highest BCUT2D eigenvalue weighted by Crippen LogP contribution is 2.34. The molecule has 3 nitrogen and oxygen atoms in total. The summed E-state index contributed by atoms with van der Waals surface area (Å²) in [6, 6.07) is 6.87. The zero-order valence-corrected chi connectivity index (χ0v) is 11.9. The van der Waals surface area contributed by atoms with E-state index in [4.69, 9.17) is 0 Å². The maximum atomic E-state index is 10.1. The van der Waals surface area contributed by atoms with Gasteiger partial charge in [-0.05, 0) is 45.2 Å². The summed E-state index contributed by atoms with van der Waals surface area (Å²) in [6.07, 6.45) is 2.65. The molecule has 2 aliphatic heterocycles. The first kappa shape index (κ1) is 12.9. The van der Waals surface area contributed by atoms with E-state index in [-0.39, 0.29) is 0 Å². The molecule has 104 valence electrons. The molecule has 0 aliphatic carbocycles. The third-order valence-electron chi connectivity index (χ3n) is 4.81. The molecule has 0 spiro atoms. The monoisotopic (exact) mass is 260 g/mol. The number of aromatic hydroxyl groups is 1. The summed E-state index contributed by atoms with van der Waals surface area (Å²) in [5.74, 6) is 1.23. The molecule has 0 amide bonds. The molecule has 1 aromatic carbocycles. The number of piperidine rings is 1. The molecule has 19 heavy (non-hydrogen) atoms. The van der Waals surface area contributed by atoms with Crippen LogP contribution in [0.5, 0.6) is 5.75 Å². The van der Waals surface area contributed by atoms with E-state index in [1.54, 1.807) is 0 Å². The van der Waals surface area contributed by atoms with Crippen LogP contribution in [0.1, 0.15) is 36.9 Å². The lowest BCUT2D eigenvalue weighted by atomic mass is 9.94. The summed E-state index contributed by atoms with van der Waals surface area (Å²) < 4.78 is 0. The van der Waals surface area contributed by atoms with Gasteiger partial charge in [0.2, 0.25) is 0 Å². The van der Waals surface area contributed by atoms with Gasteiger partial charge in [-0.2, -0.15) is 0 Å². The van der Waals surface area contributed by atoms with Crippen molar-refractivity contribution < 1.29 is 5.11 Å². The number of nitrogens with zero attached hydrogens (tertiary/aromatic N) is 1. The molecule has 1 unspecified atom stereocenters. The fraction of sp³-hybridized carbons (Fsp3) is 0.625. The summed E-state index contributed by atoms with van der Waals surface area (Å²) in [4.78, 5) is 2.52. The smallest absolute Gasteiger partial charge is 0.120 e. The van der Waals surface area contributed by atoms with Crippen LogP contribution in [-0.4, -0.2) is 35.7 Å². The molecule has 0 bridgehead atoms. The van der Waals surface area contributed by atoms with Gasteiger partial charge < -0.3 is 10.4 Å². The van der Waals surface area contributed by atoms with Crippen LogP contribution in [0, 0.1) is 12.8 Å². The van der Waals surface area contributed by atoms with Crippen LogP contribution < -0.4 is 5.32 Å². The minimum atomic E-state index is 0.298. The molecule has 0 radical (unpaired) electrons. The van der Waals surface area contributed by atoms with Crippen molar-refractivity contribution in [3.63, 3.8) is 0 Å². The largest absolute Gasteiger partial charge is 0.508 e. The van der Waals surface area contributed by atoms with Crippen molar-refractivity contribution in [2.75, 3.05) is 19.6 Å². The number of phenols is 1. The fourth-order valence-electron chi connectivity index (χ4n) is 3.60. The Morgan fingerprint density at radius 1 is 1.37 bits per heavy atom. The van der Waals surface area contributed by atoms with E-state index in [1.165, 1.54) is 24.9 Å². The van der Waals surface area contributed by atoms with E-state index in [1.807, 2.05) is 12.1 Å². The number of fused-ring (bicyclic) bond motifs is 1. The Balaban J connectivity index is 1.77. The van der Waals surface area contributed by atoms with Crippen LogP contribution in [0.15, 0.2) is 18.2 Å². The fourth-order valence-corrected chi connectivity index (χ4v) is 3.60. The molecule has 3 heteroatoms. The molecule has 3 atom stereocenters. The first-order valence-electron chi connectivity index (χ1n) is 7.42. The van der Waals surface area contributed by atoms with E-state index < -0.39 is 0 Å². The normalized spacial score (nSPS) is 29.2. The second-order valence-electron chi connectivity index (χ2n) is 6.16. The number of aryl methyl sites for hydroxylation is 1. The van der Waals surface area contributed by atoms with Crippen molar-refractivity contribution >= 4 is 0 Å². The highest BCUT2D eigenvalue weighted by molar-refractivity contribution is 5.37. The molecule has 1 aromatic rings. The van der Waals surface area contributed by atoms with Gasteiger partial charge in [0.05, 0.1) is 0 Å². The van der Waals surface area contributed by atoms with Crippen molar-refractivity contribution in [1.29, 1.82) is 0 Å². The van der Waals surface area contributed by atoms with Gasteiger partial charge in [0.15, 0.2) is 0 Å². The Morgan fingerprint density at radius 2 is 2.21 bits per heavy atom. The topological polar surface area (TPSA) is 35.5 Å². The second-order valence-corrected chi connectivity index (χ2v) is 6.16. The van der Waals surface area contributed by atoms with Gasteiger partial charge in [-0.15, -0.1) is 0 Å². The molecule has 3 rings (SSSR count). The lowest BCUT2D eigenvalue weighted by Crippen LogP contribution is -2.40. The van der Waals surface area contributed by atoms with Gasteiger partial charge in [-0.25, -0.2) is 0 Å². The molecule has 2 saturated heterocycles. The van der Waals surface area contributed by atoms with Crippen LogP contribution in [0.25, 0.3) is 0 Å². The molecule has 2 fully saturated rings. The van der Waals surface area contributed by atoms with Crippen molar-refractivity contribution in [3.8, 4) is 5.75 Å². The number of phenolic OH excluding ortho intramolecular Hbond substituents is 1. The first-order valence-corrected chi connectivity index (χ1v) is 7.42. The van der Waals surface area contributed by atoms with Crippen molar-refractivity contribution in [1.82, 2.24) is 10.2 Å². The first-order chi connectivity index (χ1) is 9.15. The highest BCUT2D eigenvalue weighted by Gasteiger charge is 2.36. The summed E-state index contributed by atoms with van der Waals surface area (Å²) in [5.41, 5.74) is 2.29. The minimum Gasteiger partial charge on any atom is -0.508 e. The van der Waals surface area contributed by atoms with Gasteiger partial charge >= 0.3 is 0 Å². The summed E-state index contributed by atoms with van der Waals surface area (Å²) in [5, 5.41) is 13.7. The van der Waals surface area contributed by atoms with E-state index in [0.717, 1.165) is 24.6 Å². The second kappa shape index (κ2) is 5.14. The lowest BCUT2D eigenvalue weighted by Gasteiger charge is -2.25. The molecule has 0 saturated carbocycles. The van der Waals surface area contributed by atoms with E-state index >= 15 is 0 Å². The highest BCUT2D eigenvalue weighted by atomic mass is 16.3. The van der Waals surface area contributed by atoms with Gasteiger partial charge in [0.1, 0.15) is 5.75 Å². The van der Waals surface area contributed by atoms with Crippen molar-refractivity contribution in [2.24, 2.45) is 5.92 Å². The van der Waals surface area contributed by atoms with Gasteiger partial charge in [0, 0.05) is 30.7 Å². The molecule has 2 heterocycles. The van der Waals surface area contributed by atoms with Crippen LogP contribution in [-0.2, 0) is 0 Å². The molecule has 0 aromatic heterocycles. The Bertz CT molecular complexity index is 446. The van der Waals surface area contributed by atoms with Crippen LogP contribution >= 0.6 is 0 Å². The lowest BCUT2D eigenvalue weighted by molar-refractivity contribution is 0.246. The SMILES string of the molecule is Cc1ccc(O)c(C(C)N2C[C@@H]3CCCN[C@@H]3C2)c1. The van der Waals surface area contributed by atoms with Crippen molar-refractivity contribution in [2.45, 2.75) is 38.8 Å². The average Bonchev–Trinajstić information content (AvgIpc) is 2.84. The number of hydrogen-bond acceptors (Lipinski definition) is 3. The Kier molecular flexibility index (Phi) is 3.50. The van der Waals surface area contributed by atoms with Crippen LogP contribution in [0.3, 0.4) is 0 Å². The number of likely N-dealkylation sites (tertiary alicyclic amines) is 1. The van der Waals surface area contributed by atoms with E-state index in [2.05, 4.69) is 30.1 Å². The predicted molar refractivity (Wildman–Crippen MR) is 77.3 cm³/mol. The Morgan fingerprint density at radius 3 is 3.00 bits per heavy atom. The predicted octanol–water partition coefficient (Wildman–Crippen LogP) is 2.45. The molecule has 2 N–H and O–H groups in total. The number of benzene rings is 1. The maximum Gasteiger partial charge on any atom is 0.120 e. The summed E-state index contributed by atoms with van der Waals surface area (Å²) in [6.45, 7) is 7.73. The van der Waals surface area contributed by atoms with Crippen molar-refractivity contribution in [3.05, 3.63) is 29.3 Å². The third-order valence-corrected chi connectivity index (χ3v) is 4.81. The molecule has 2 aliphatic rings. The summed E-state index contributed by atoms with van der Waals surface area (Å²) >= 11 is 0. The third kappa shape index (κ3) is 2.49. The number of nitrogens with one attached hydrogen (secondary N) is 1. The summed E-state index contributed by atoms with van der Waals surface area (Å²) in [7, 11) is 0. The van der Waals surface area contributed by atoms with Crippen LogP contribution in [0.4, 0.5) is 0 Å². The van der Waals surface area contributed by atoms with E-state index in [9.17, 15) is 5.11 Å². The van der Waals surface area contributed by atoms with Crippen LogP contribution in [0.2, 0.25) is 0 Å². The maximum absolute atomic E-state index is 10.1. The Labute approximate surface area is 115 Å². The minimum absolute atomic E-state index is 0.298. The van der Waals surface area contributed by atoms with Gasteiger partial charge in [0.25, 0.3) is 0 Å². The van der Waals surface area contributed by atoms with Gasteiger partial charge in [-0.1, -0.05) is 17.7 Å². The standard InChI is InChI=1S/C16H24N2O/c1-11-5-6-16(19)14(8-11)12(2)18-9-13-4-3-7-17-15(13)10-18/h5-6,8,12-13,15,17,19H,3-4,7,9-10H2,1-2H3/t12?,13-,15+/m0/s1. The van der Waals surface area contributed by atoms with Gasteiger partial charge in [-0.3, -0.25) is 4.90 Å². The zero-order chi connectivity index (χ0) is 13.4. The number of rotatable bonds is 2. The zero-order valence-electron chi connectivity index (χ0n) is 11.9. The van der Waals surface area contributed by atoms with E-state index in [0.29, 0.717) is 17.8 Å². The quantitative estimate of drug-likeness (QED) is 0.857.